The largest absolute Gasteiger partial charge is 0.392 e. The number of rotatable bonds is 1. The highest BCUT2D eigenvalue weighted by molar-refractivity contribution is 5.00. The Kier molecular flexibility index (Phi) is 2.64. The maximum Gasteiger partial charge on any atom is 0.111 e. The average Bonchev–Trinajstić information content (AvgIpc) is 2.56. The van der Waals surface area contributed by atoms with Crippen molar-refractivity contribution in [2.75, 3.05) is 0 Å². The number of imidazole rings is 1. The number of hydrogen-bond acceptors (Lipinski definition) is 2. The van der Waals surface area contributed by atoms with Gasteiger partial charge in [-0.05, 0) is 12.8 Å². The molecule has 0 amide bonds. The van der Waals surface area contributed by atoms with Gasteiger partial charge in [0.25, 0.3) is 0 Å². The van der Waals surface area contributed by atoms with Crippen molar-refractivity contribution >= 4 is 0 Å². The van der Waals surface area contributed by atoms with E-state index in [9.17, 15) is 5.11 Å². The lowest BCUT2D eigenvalue weighted by Crippen LogP contribution is -2.17. The minimum atomic E-state index is -0.200. The standard InChI is InChI=1S/C10H16N2O/c13-9-5-3-1-2-4-8(9)10-11-6-7-12-10/h6-9,13H,1-5H2,(H,11,12)/t8-,9-/m1/s1. The van der Waals surface area contributed by atoms with E-state index in [1.54, 1.807) is 6.20 Å². The molecule has 0 saturated heterocycles. The van der Waals surface area contributed by atoms with E-state index >= 15 is 0 Å². The number of aliphatic hydroxyl groups excluding tert-OH is 1. The van der Waals surface area contributed by atoms with Gasteiger partial charge in [0.05, 0.1) is 6.10 Å². The molecule has 1 aromatic rings. The van der Waals surface area contributed by atoms with Crippen LogP contribution >= 0.6 is 0 Å². The fraction of sp³-hybridized carbons (Fsp3) is 0.700. The van der Waals surface area contributed by atoms with Crippen LogP contribution in [0.25, 0.3) is 0 Å². The van der Waals surface area contributed by atoms with E-state index in [2.05, 4.69) is 9.97 Å². The third-order valence-electron chi connectivity index (χ3n) is 2.85. The molecular formula is C10H16N2O. The minimum absolute atomic E-state index is 0.200. The van der Waals surface area contributed by atoms with Crippen molar-refractivity contribution in [1.29, 1.82) is 0 Å². The summed E-state index contributed by atoms with van der Waals surface area (Å²) in [6.07, 6.45) is 8.98. The molecule has 0 aliphatic heterocycles. The molecule has 1 aliphatic rings. The first kappa shape index (κ1) is 8.75. The molecular weight excluding hydrogens is 164 g/mol. The fourth-order valence-corrected chi connectivity index (χ4v) is 2.09. The normalized spacial score (nSPS) is 29.9. The van der Waals surface area contributed by atoms with Crippen molar-refractivity contribution in [2.45, 2.75) is 44.1 Å². The van der Waals surface area contributed by atoms with E-state index in [-0.39, 0.29) is 12.0 Å². The van der Waals surface area contributed by atoms with Crippen molar-refractivity contribution in [1.82, 2.24) is 9.97 Å². The third kappa shape index (κ3) is 1.91. The molecule has 0 bridgehead atoms. The van der Waals surface area contributed by atoms with Gasteiger partial charge in [-0.1, -0.05) is 19.3 Å². The summed E-state index contributed by atoms with van der Waals surface area (Å²) in [5.74, 6) is 1.19. The van der Waals surface area contributed by atoms with Crippen LogP contribution in [-0.2, 0) is 0 Å². The van der Waals surface area contributed by atoms with Gasteiger partial charge in [0.15, 0.2) is 0 Å². The molecule has 72 valence electrons. The van der Waals surface area contributed by atoms with Crippen LogP contribution in [0, 0.1) is 0 Å². The van der Waals surface area contributed by atoms with Crippen LogP contribution in [0.2, 0.25) is 0 Å². The third-order valence-corrected chi connectivity index (χ3v) is 2.85. The maximum atomic E-state index is 9.86. The number of hydrogen-bond donors (Lipinski definition) is 2. The first-order valence-electron chi connectivity index (χ1n) is 5.05. The second kappa shape index (κ2) is 3.92. The maximum absolute atomic E-state index is 9.86. The highest BCUT2D eigenvalue weighted by Gasteiger charge is 2.24. The van der Waals surface area contributed by atoms with Gasteiger partial charge >= 0.3 is 0 Å². The van der Waals surface area contributed by atoms with Crippen LogP contribution in [-0.4, -0.2) is 21.2 Å². The topological polar surface area (TPSA) is 48.9 Å². The zero-order valence-electron chi connectivity index (χ0n) is 7.74. The molecule has 2 rings (SSSR count). The van der Waals surface area contributed by atoms with Gasteiger partial charge in [-0.3, -0.25) is 0 Å². The molecule has 0 aromatic carbocycles. The number of aliphatic hydroxyl groups is 1. The van der Waals surface area contributed by atoms with E-state index in [0.717, 1.165) is 25.1 Å². The second-order valence-electron chi connectivity index (χ2n) is 3.79. The predicted molar refractivity (Wildman–Crippen MR) is 50.4 cm³/mol. The summed E-state index contributed by atoms with van der Waals surface area (Å²) in [5.41, 5.74) is 0. The van der Waals surface area contributed by atoms with Crippen LogP contribution in [0.1, 0.15) is 43.8 Å². The van der Waals surface area contributed by atoms with E-state index in [0.29, 0.717) is 0 Å². The molecule has 0 spiro atoms. The lowest BCUT2D eigenvalue weighted by atomic mass is 9.97. The second-order valence-corrected chi connectivity index (χ2v) is 3.79. The monoisotopic (exact) mass is 180 g/mol. The molecule has 1 saturated carbocycles. The number of nitrogens with zero attached hydrogens (tertiary/aromatic N) is 1. The molecule has 3 nitrogen and oxygen atoms in total. The number of nitrogens with one attached hydrogen (secondary N) is 1. The van der Waals surface area contributed by atoms with Gasteiger partial charge in [0.2, 0.25) is 0 Å². The Balaban J connectivity index is 2.11. The molecule has 1 heterocycles. The molecule has 0 unspecified atom stereocenters. The predicted octanol–water partition coefficient (Wildman–Crippen LogP) is 1.82. The van der Waals surface area contributed by atoms with Crippen LogP contribution < -0.4 is 0 Å². The summed E-state index contributed by atoms with van der Waals surface area (Å²) in [6, 6.07) is 0. The number of aromatic amines is 1. The van der Waals surface area contributed by atoms with Crippen molar-refractivity contribution in [3.63, 3.8) is 0 Å². The Labute approximate surface area is 78.2 Å². The molecule has 0 radical (unpaired) electrons. The Morgan fingerprint density at radius 1 is 1.31 bits per heavy atom. The first-order chi connectivity index (χ1) is 6.38. The van der Waals surface area contributed by atoms with Gasteiger partial charge in [0.1, 0.15) is 5.82 Å². The van der Waals surface area contributed by atoms with Gasteiger partial charge in [-0.25, -0.2) is 4.98 Å². The lowest BCUT2D eigenvalue weighted by Gasteiger charge is -2.17. The summed E-state index contributed by atoms with van der Waals surface area (Å²) in [6.45, 7) is 0. The summed E-state index contributed by atoms with van der Waals surface area (Å²) in [7, 11) is 0. The summed E-state index contributed by atoms with van der Waals surface area (Å²) in [5, 5.41) is 9.86. The summed E-state index contributed by atoms with van der Waals surface area (Å²) >= 11 is 0. The molecule has 1 fully saturated rings. The molecule has 3 heteroatoms. The lowest BCUT2D eigenvalue weighted by molar-refractivity contribution is 0.132. The first-order valence-corrected chi connectivity index (χ1v) is 5.05. The van der Waals surface area contributed by atoms with E-state index in [1.807, 2.05) is 6.20 Å². The molecule has 2 atom stereocenters. The van der Waals surface area contributed by atoms with Gasteiger partial charge in [-0.15, -0.1) is 0 Å². The molecule has 13 heavy (non-hydrogen) atoms. The number of H-pyrrole nitrogens is 1. The average molecular weight is 180 g/mol. The minimum Gasteiger partial charge on any atom is -0.392 e. The zero-order chi connectivity index (χ0) is 9.10. The van der Waals surface area contributed by atoms with Crippen molar-refractivity contribution < 1.29 is 5.11 Å². The summed E-state index contributed by atoms with van der Waals surface area (Å²) in [4.78, 5) is 7.31. The van der Waals surface area contributed by atoms with E-state index in [1.165, 1.54) is 12.8 Å². The van der Waals surface area contributed by atoms with Gasteiger partial charge in [-0.2, -0.15) is 0 Å². The van der Waals surface area contributed by atoms with Crippen molar-refractivity contribution in [3.05, 3.63) is 18.2 Å². The highest BCUT2D eigenvalue weighted by atomic mass is 16.3. The quantitative estimate of drug-likeness (QED) is 0.648. The molecule has 2 N–H and O–H groups in total. The Bertz CT molecular complexity index is 245. The Hall–Kier alpha value is -0.830. The smallest absolute Gasteiger partial charge is 0.111 e. The van der Waals surface area contributed by atoms with Gasteiger partial charge in [0, 0.05) is 18.3 Å². The van der Waals surface area contributed by atoms with Crippen LogP contribution in [0.3, 0.4) is 0 Å². The summed E-state index contributed by atoms with van der Waals surface area (Å²) < 4.78 is 0. The zero-order valence-corrected chi connectivity index (χ0v) is 7.74. The van der Waals surface area contributed by atoms with Crippen LogP contribution in [0.4, 0.5) is 0 Å². The molecule has 1 aliphatic carbocycles. The van der Waals surface area contributed by atoms with E-state index < -0.39 is 0 Å². The van der Waals surface area contributed by atoms with Crippen molar-refractivity contribution in [2.24, 2.45) is 0 Å². The van der Waals surface area contributed by atoms with Gasteiger partial charge < -0.3 is 10.1 Å². The Morgan fingerprint density at radius 2 is 2.15 bits per heavy atom. The fourth-order valence-electron chi connectivity index (χ4n) is 2.09. The number of aromatic nitrogens is 2. The highest BCUT2D eigenvalue weighted by Crippen LogP contribution is 2.29. The SMILES string of the molecule is O[C@@H]1CCCCC[C@H]1c1ncc[nH]1. The van der Waals surface area contributed by atoms with Crippen molar-refractivity contribution in [3.8, 4) is 0 Å². The Morgan fingerprint density at radius 3 is 2.92 bits per heavy atom. The van der Waals surface area contributed by atoms with E-state index in [4.69, 9.17) is 0 Å². The van der Waals surface area contributed by atoms with Crippen LogP contribution in [0.15, 0.2) is 12.4 Å². The van der Waals surface area contributed by atoms with Crippen LogP contribution in [0.5, 0.6) is 0 Å². The molecule has 1 aromatic heterocycles.